The van der Waals surface area contributed by atoms with E-state index in [1.165, 1.54) is 23.3 Å². The number of hydrogen-bond acceptors (Lipinski definition) is 5. The van der Waals surface area contributed by atoms with E-state index in [0.29, 0.717) is 0 Å². The van der Waals surface area contributed by atoms with Crippen LogP contribution in [0.1, 0.15) is 36.0 Å². The van der Waals surface area contributed by atoms with Gasteiger partial charge in [0.2, 0.25) is 0 Å². The Bertz CT molecular complexity index is 712. The maximum Gasteiger partial charge on any atom is 0.191 e. The lowest BCUT2D eigenvalue weighted by Crippen LogP contribution is -1.98. The van der Waals surface area contributed by atoms with E-state index in [9.17, 15) is 0 Å². The number of aryl methyl sites for hydroxylation is 3. The van der Waals surface area contributed by atoms with E-state index in [2.05, 4.69) is 34.4 Å². The summed E-state index contributed by atoms with van der Waals surface area (Å²) in [5.41, 5.74) is 2.21. The zero-order chi connectivity index (χ0) is 12.7. The molecule has 0 aliphatic heterocycles. The molecule has 0 radical (unpaired) electrons. The van der Waals surface area contributed by atoms with E-state index < -0.39 is 0 Å². The van der Waals surface area contributed by atoms with E-state index in [0.717, 1.165) is 28.1 Å². The van der Waals surface area contributed by atoms with Crippen LogP contribution in [0.2, 0.25) is 0 Å². The summed E-state index contributed by atoms with van der Waals surface area (Å²) >= 11 is 1.74. The molecule has 5 nitrogen and oxygen atoms in total. The molecule has 3 aromatic rings. The summed E-state index contributed by atoms with van der Waals surface area (Å²) in [7, 11) is 0. The fraction of sp³-hybridized carbons (Fsp3) is 0.500. The molecule has 3 heterocycles. The molecule has 18 heavy (non-hydrogen) atoms. The topological polar surface area (TPSA) is 56.0 Å². The molecular weight excluding hydrogens is 246 g/mol. The molecule has 0 aliphatic rings. The summed E-state index contributed by atoms with van der Waals surface area (Å²) in [5, 5.41) is 13.1. The van der Waals surface area contributed by atoms with Crippen molar-refractivity contribution in [2.75, 3.05) is 0 Å². The van der Waals surface area contributed by atoms with Gasteiger partial charge in [0.1, 0.15) is 10.7 Å². The molecule has 0 fully saturated rings. The summed E-state index contributed by atoms with van der Waals surface area (Å²) in [5.74, 6) is 0.839. The Morgan fingerprint density at radius 3 is 2.89 bits per heavy atom. The first kappa shape index (κ1) is 11.5. The Morgan fingerprint density at radius 1 is 1.28 bits per heavy atom. The monoisotopic (exact) mass is 261 g/mol. The van der Waals surface area contributed by atoms with Crippen molar-refractivity contribution in [2.24, 2.45) is 0 Å². The number of thiophene rings is 1. The van der Waals surface area contributed by atoms with Crippen molar-refractivity contribution in [1.82, 2.24) is 25.0 Å². The van der Waals surface area contributed by atoms with Crippen LogP contribution >= 0.6 is 11.3 Å². The lowest BCUT2D eigenvalue weighted by atomic mass is 10.1. The summed E-state index contributed by atoms with van der Waals surface area (Å²) in [4.78, 5) is 6.99. The number of fused-ring (bicyclic) bond motifs is 3. The first-order valence-electron chi connectivity index (χ1n) is 6.19. The Labute approximate surface area is 109 Å². The normalized spacial score (nSPS) is 11.7. The standard InChI is InChI=1S/C12H15N5S/c1-4-5-6-9-7(2)18-12-10(9)11-14-15-16-17(11)8(3)13-12/h4-6H2,1-3H3. The highest BCUT2D eigenvalue weighted by molar-refractivity contribution is 7.18. The van der Waals surface area contributed by atoms with Gasteiger partial charge >= 0.3 is 0 Å². The predicted molar refractivity (Wildman–Crippen MR) is 72.0 cm³/mol. The largest absolute Gasteiger partial charge is 0.222 e. The van der Waals surface area contributed by atoms with E-state index in [1.807, 2.05) is 6.92 Å². The third-order valence-corrected chi connectivity index (χ3v) is 4.28. The Hall–Kier alpha value is -1.56. The fourth-order valence-corrected chi connectivity index (χ4v) is 3.39. The zero-order valence-electron chi connectivity index (χ0n) is 10.8. The van der Waals surface area contributed by atoms with Gasteiger partial charge in [0.15, 0.2) is 5.65 Å². The molecule has 0 saturated carbocycles. The van der Waals surface area contributed by atoms with Crippen LogP contribution in [0.3, 0.4) is 0 Å². The fourth-order valence-electron chi connectivity index (χ4n) is 2.28. The second-order valence-corrected chi connectivity index (χ2v) is 5.70. The molecule has 94 valence electrons. The van der Waals surface area contributed by atoms with Crippen molar-refractivity contribution in [1.29, 1.82) is 0 Å². The van der Waals surface area contributed by atoms with E-state index in [4.69, 9.17) is 0 Å². The highest BCUT2D eigenvalue weighted by atomic mass is 32.1. The van der Waals surface area contributed by atoms with Crippen LogP contribution < -0.4 is 0 Å². The first-order chi connectivity index (χ1) is 8.72. The van der Waals surface area contributed by atoms with Gasteiger partial charge in [-0.1, -0.05) is 13.3 Å². The van der Waals surface area contributed by atoms with Gasteiger partial charge in [-0.2, -0.15) is 4.52 Å². The van der Waals surface area contributed by atoms with Crippen LogP contribution in [0.4, 0.5) is 0 Å². The molecule has 0 unspecified atom stereocenters. The number of hydrogen-bond donors (Lipinski definition) is 0. The van der Waals surface area contributed by atoms with Crippen LogP contribution in [0.5, 0.6) is 0 Å². The van der Waals surface area contributed by atoms with E-state index >= 15 is 0 Å². The number of aromatic nitrogens is 5. The number of tetrazole rings is 1. The van der Waals surface area contributed by atoms with Crippen LogP contribution in [-0.2, 0) is 6.42 Å². The highest BCUT2D eigenvalue weighted by Crippen LogP contribution is 2.32. The maximum absolute atomic E-state index is 4.60. The van der Waals surface area contributed by atoms with Crippen molar-refractivity contribution in [3.63, 3.8) is 0 Å². The highest BCUT2D eigenvalue weighted by Gasteiger charge is 2.16. The Morgan fingerprint density at radius 2 is 2.11 bits per heavy atom. The predicted octanol–water partition coefficient (Wildman–Crippen LogP) is 2.69. The SMILES string of the molecule is CCCCc1c(C)sc2nc(C)n3nnnc3c12. The maximum atomic E-state index is 4.60. The van der Waals surface area contributed by atoms with Gasteiger partial charge in [-0.3, -0.25) is 0 Å². The van der Waals surface area contributed by atoms with Crippen LogP contribution in [0, 0.1) is 13.8 Å². The summed E-state index contributed by atoms with van der Waals surface area (Å²) in [6, 6.07) is 0. The summed E-state index contributed by atoms with van der Waals surface area (Å²) in [6.07, 6.45) is 3.46. The molecule has 0 spiro atoms. The molecule has 6 heteroatoms. The van der Waals surface area contributed by atoms with Crippen LogP contribution in [-0.4, -0.2) is 25.0 Å². The number of rotatable bonds is 3. The van der Waals surface area contributed by atoms with Gasteiger partial charge in [-0.15, -0.1) is 16.4 Å². The van der Waals surface area contributed by atoms with Gasteiger partial charge < -0.3 is 0 Å². The smallest absolute Gasteiger partial charge is 0.191 e. The second-order valence-electron chi connectivity index (χ2n) is 4.49. The lowest BCUT2D eigenvalue weighted by Gasteiger charge is -2.01. The molecular formula is C12H15N5S. The van der Waals surface area contributed by atoms with Crippen molar-refractivity contribution in [2.45, 2.75) is 40.0 Å². The molecule has 0 aromatic carbocycles. The van der Waals surface area contributed by atoms with Gasteiger partial charge in [-0.05, 0) is 42.7 Å². The number of nitrogens with zero attached hydrogens (tertiary/aromatic N) is 5. The Balaban J connectivity index is 2.34. The molecule has 0 atom stereocenters. The molecule has 3 aromatic heterocycles. The van der Waals surface area contributed by atoms with Crippen LogP contribution in [0.25, 0.3) is 15.9 Å². The average Bonchev–Trinajstić information content (AvgIpc) is 2.91. The third-order valence-electron chi connectivity index (χ3n) is 3.23. The van der Waals surface area contributed by atoms with Crippen molar-refractivity contribution < 1.29 is 0 Å². The minimum absolute atomic E-state index is 0.839. The third kappa shape index (κ3) is 1.59. The molecule has 0 aliphatic carbocycles. The second kappa shape index (κ2) is 4.28. The average molecular weight is 261 g/mol. The molecule has 0 bridgehead atoms. The van der Waals surface area contributed by atoms with Gasteiger partial charge in [-0.25, -0.2) is 4.98 Å². The summed E-state index contributed by atoms with van der Waals surface area (Å²) < 4.78 is 1.73. The van der Waals surface area contributed by atoms with E-state index in [1.54, 1.807) is 15.9 Å². The van der Waals surface area contributed by atoms with Gasteiger partial charge in [0.25, 0.3) is 0 Å². The molecule has 3 rings (SSSR count). The van der Waals surface area contributed by atoms with Gasteiger partial charge in [0.05, 0.1) is 5.39 Å². The minimum Gasteiger partial charge on any atom is -0.222 e. The molecule has 0 N–H and O–H groups in total. The lowest BCUT2D eigenvalue weighted by molar-refractivity contribution is 0.785. The molecule has 0 amide bonds. The van der Waals surface area contributed by atoms with Crippen LogP contribution in [0.15, 0.2) is 0 Å². The minimum atomic E-state index is 0.839. The summed E-state index contributed by atoms with van der Waals surface area (Å²) in [6.45, 7) is 6.30. The van der Waals surface area contributed by atoms with E-state index in [-0.39, 0.29) is 0 Å². The quantitative estimate of drug-likeness (QED) is 0.727. The van der Waals surface area contributed by atoms with Crippen molar-refractivity contribution >= 4 is 27.2 Å². The van der Waals surface area contributed by atoms with Gasteiger partial charge in [0, 0.05) is 4.88 Å². The zero-order valence-corrected chi connectivity index (χ0v) is 11.6. The Kier molecular flexibility index (Phi) is 2.74. The van der Waals surface area contributed by atoms with Crippen molar-refractivity contribution in [3.05, 3.63) is 16.3 Å². The number of unbranched alkanes of at least 4 members (excludes halogenated alkanes) is 1. The first-order valence-corrected chi connectivity index (χ1v) is 7.00. The molecule has 0 saturated heterocycles. The van der Waals surface area contributed by atoms with Crippen molar-refractivity contribution in [3.8, 4) is 0 Å².